The van der Waals surface area contributed by atoms with Crippen molar-refractivity contribution in [3.63, 3.8) is 0 Å². The maximum atomic E-state index is 12.2. The van der Waals surface area contributed by atoms with E-state index >= 15 is 0 Å². The van der Waals surface area contributed by atoms with Gasteiger partial charge in [0.1, 0.15) is 0 Å². The predicted molar refractivity (Wildman–Crippen MR) is 99.9 cm³/mol. The van der Waals surface area contributed by atoms with Crippen molar-refractivity contribution in [1.82, 2.24) is 15.6 Å². The van der Waals surface area contributed by atoms with E-state index in [0.29, 0.717) is 6.54 Å². The first kappa shape index (κ1) is 17.9. The molecule has 6 nitrogen and oxygen atoms in total. The number of amides is 3. The molecule has 0 saturated heterocycles. The minimum Gasteiger partial charge on any atom is -0.356 e. The monoisotopic (exact) mass is 378 g/mol. The van der Waals surface area contributed by atoms with Crippen LogP contribution in [0.3, 0.4) is 0 Å². The van der Waals surface area contributed by atoms with Crippen molar-refractivity contribution in [1.29, 1.82) is 0 Å². The largest absolute Gasteiger partial charge is 0.356 e. The number of nitrogens with two attached hydrogens (primary N) is 1. The zero-order valence-corrected chi connectivity index (χ0v) is 15.5. The predicted octanol–water partition coefficient (Wildman–Crippen LogP) is 2.54. The van der Waals surface area contributed by atoms with Crippen molar-refractivity contribution < 1.29 is 9.59 Å². The summed E-state index contributed by atoms with van der Waals surface area (Å²) in [5.41, 5.74) is 6.47. The second-order valence-electron chi connectivity index (χ2n) is 6.07. The smallest absolute Gasteiger partial charge is 0.312 e. The Morgan fingerprint density at radius 1 is 1.32 bits per heavy atom. The van der Waals surface area contributed by atoms with Gasteiger partial charge in [-0.05, 0) is 37.1 Å². The summed E-state index contributed by atoms with van der Waals surface area (Å²) in [5.74, 6) is -0.103. The molecule has 2 aromatic rings. The van der Waals surface area contributed by atoms with Gasteiger partial charge in [-0.25, -0.2) is 9.78 Å². The fraction of sp³-hybridized carbons (Fsp3) is 0.471. The van der Waals surface area contributed by atoms with Crippen molar-refractivity contribution in [3.8, 4) is 0 Å². The van der Waals surface area contributed by atoms with Crippen LogP contribution in [-0.2, 0) is 24.1 Å². The van der Waals surface area contributed by atoms with E-state index in [9.17, 15) is 9.59 Å². The lowest BCUT2D eigenvalue weighted by molar-refractivity contribution is -0.121. The molecule has 1 aliphatic carbocycles. The van der Waals surface area contributed by atoms with Crippen molar-refractivity contribution >= 4 is 34.6 Å². The summed E-state index contributed by atoms with van der Waals surface area (Å²) in [6.45, 7) is 0.555. The third-order valence-electron chi connectivity index (χ3n) is 4.14. The third-order valence-corrected chi connectivity index (χ3v) is 6.35. The highest BCUT2D eigenvalue weighted by atomic mass is 32.1. The van der Waals surface area contributed by atoms with Crippen molar-refractivity contribution in [2.45, 2.75) is 44.6 Å². The number of aromatic nitrogens is 1. The Morgan fingerprint density at radius 3 is 2.88 bits per heavy atom. The topological polar surface area (TPSA) is 97.1 Å². The standard InChI is InChI=1S/C17H22N4O2S2/c18-17(23)21-12(13-6-3-9-24-13)10-15(22)19-8-7-16-20-11-4-1-2-5-14(11)25-16/h3,6,9,12H,1-2,4-5,7-8,10H2,(H,19,22)(H3,18,21,23). The van der Waals surface area contributed by atoms with E-state index in [2.05, 4.69) is 15.6 Å². The molecule has 0 spiro atoms. The second-order valence-corrected chi connectivity index (χ2v) is 8.21. The molecule has 0 saturated carbocycles. The number of nitrogens with one attached hydrogen (secondary N) is 2. The molecule has 3 rings (SSSR count). The van der Waals surface area contributed by atoms with Gasteiger partial charge in [0.2, 0.25) is 5.91 Å². The van der Waals surface area contributed by atoms with Gasteiger partial charge < -0.3 is 16.4 Å². The summed E-state index contributed by atoms with van der Waals surface area (Å²) in [6.07, 6.45) is 5.63. The number of carbonyl (C=O) groups is 2. The second kappa shape index (κ2) is 8.44. The van der Waals surface area contributed by atoms with Gasteiger partial charge in [-0.15, -0.1) is 22.7 Å². The van der Waals surface area contributed by atoms with Gasteiger partial charge >= 0.3 is 6.03 Å². The summed E-state index contributed by atoms with van der Waals surface area (Å²) in [5, 5.41) is 8.55. The fourth-order valence-electron chi connectivity index (χ4n) is 2.96. The van der Waals surface area contributed by atoms with Crippen LogP contribution in [0.1, 0.15) is 45.8 Å². The highest BCUT2D eigenvalue weighted by molar-refractivity contribution is 7.11. The summed E-state index contributed by atoms with van der Waals surface area (Å²) in [6, 6.07) is 2.76. The molecule has 1 atom stereocenters. The number of nitrogens with zero attached hydrogens (tertiary/aromatic N) is 1. The van der Waals surface area contributed by atoms with E-state index in [1.807, 2.05) is 17.5 Å². The third kappa shape index (κ3) is 5.02. The summed E-state index contributed by atoms with van der Waals surface area (Å²) >= 11 is 3.27. The van der Waals surface area contributed by atoms with E-state index in [4.69, 9.17) is 5.73 Å². The van der Waals surface area contributed by atoms with Gasteiger partial charge in [-0.1, -0.05) is 6.07 Å². The van der Waals surface area contributed by atoms with Crippen molar-refractivity contribution in [2.75, 3.05) is 6.54 Å². The first-order valence-electron chi connectivity index (χ1n) is 8.45. The van der Waals surface area contributed by atoms with E-state index in [1.54, 1.807) is 11.3 Å². The average molecular weight is 379 g/mol. The molecule has 4 N–H and O–H groups in total. The van der Waals surface area contributed by atoms with Crippen LogP contribution in [0.15, 0.2) is 17.5 Å². The maximum absolute atomic E-state index is 12.2. The van der Waals surface area contributed by atoms with Crippen molar-refractivity contribution in [2.24, 2.45) is 5.73 Å². The fourth-order valence-corrected chi connectivity index (χ4v) is 4.90. The Labute approximate surface area is 154 Å². The number of carbonyl (C=O) groups excluding carboxylic acids is 2. The highest BCUT2D eigenvalue weighted by Gasteiger charge is 2.19. The molecule has 1 unspecified atom stereocenters. The van der Waals surface area contributed by atoms with Gasteiger partial charge in [-0.3, -0.25) is 4.79 Å². The molecule has 0 aliphatic heterocycles. The number of thiazole rings is 1. The van der Waals surface area contributed by atoms with E-state index in [1.165, 1.54) is 34.7 Å². The molecule has 2 aromatic heterocycles. The molecule has 0 bridgehead atoms. The van der Waals surface area contributed by atoms with Gasteiger partial charge in [0.15, 0.2) is 0 Å². The van der Waals surface area contributed by atoms with Crippen LogP contribution in [0.5, 0.6) is 0 Å². The number of aryl methyl sites for hydroxylation is 2. The van der Waals surface area contributed by atoms with Crippen LogP contribution in [0, 0.1) is 0 Å². The molecule has 0 aromatic carbocycles. The Morgan fingerprint density at radius 2 is 2.16 bits per heavy atom. The van der Waals surface area contributed by atoms with Gasteiger partial charge in [-0.2, -0.15) is 0 Å². The van der Waals surface area contributed by atoms with Crippen molar-refractivity contribution in [3.05, 3.63) is 38.0 Å². The maximum Gasteiger partial charge on any atom is 0.312 e. The van der Waals surface area contributed by atoms with Crippen LogP contribution in [0.4, 0.5) is 4.79 Å². The molecular weight excluding hydrogens is 356 g/mol. The Hall–Kier alpha value is -1.93. The van der Waals surface area contributed by atoms with Gasteiger partial charge in [0.05, 0.1) is 23.2 Å². The number of urea groups is 1. The molecule has 8 heteroatoms. The van der Waals surface area contributed by atoms with E-state index in [-0.39, 0.29) is 18.4 Å². The van der Waals surface area contributed by atoms with E-state index in [0.717, 1.165) is 29.1 Å². The zero-order valence-electron chi connectivity index (χ0n) is 13.9. The number of hydrogen-bond acceptors (Lipinski definition) is 5. The number of primary amides is 1. The molecule has 134 valence electrons. The van der Waals surface area contributed by atoms with Crippen LogP contribution in [0.25, 0.3) is 0 Å². The van der Waals surface area contributed by atoms with Gasteiger partial charge in [0, 0.05) is 22.7 Å². The Kier molecular flexibility index (Phi) is 6.04. The Bertz CT molecular complexity index is 704. The molecule has 2 heterocycles. The van der Waals surface area contributed by atoms with Crippen LogP contribution >= 0.6 is 22.7 Å². The van der Waals surface area contributed by atoms with E-state index < -0.39 is 6.03 Å². The lowest BCUT2D eigenvalue weighted by Crippen LogP contribution is -2.36. The summed E-state index contributed by atoms with van der Waals surface area (Å²) in [7, 11) is 0. The minimum atomic E-state index is -0.625. The molecule has 0 radical (unpaired) electrons. The lowest BCUT2D eigenvalue weighted by atomic mass is 10.0. The quantitative estimate of drug-likeness (QED) is 0.691. The first-order chi connectivity index (χ1) is 12.1. The lowest BCUT2D eigenvalue weighted by Gasteiger charge is -2.15. The zero-order chi connectivity index (χ0) is 17.6. The summed E-state index contributed by atoms with van der Waals surface area (Å²) < 4.78 is 0. The average Bonchev–Trinajstić information content (AvgIpc) is 3.23. The minimum absolute atomic E-state index is 0.103. The number of rotatable bonds is 7. The number of hydrogen-bond donors (Lipinski definition) is 3. The molecule has 1 aliphatic rings. The molecule has 3 amide bonds. The first-order valence-corrected chi connectivity index (χ1v) is 10.1. The number of thiophene rings is 1. The number of fused-ring (bicyclic) bond motifs is 1. The van der Waals surface area contributed by atoms with Crippen LogP contribution < -0.4 is 16.4 Å². The van der Waals surface area contributed by atoms with Crippen LogP contribution in [-0.4, -0.2) is 23.5 Å². The highest BCUT2D eigenvalue weighted by Crippen LogP contribution is 2.26. The SMILES string of the molecule is NC(=O)NC(CC(=O)NCCc1nc2c(s1)CCCC2)c1cccs1. The van der Waals surface area contributed by atoms with Gasteiger partial charge in [0.25, 0.3) is 0 Å². The molecule has 25 heavy (non-hydrogen) atoms. The summed E-state index contributed by atoms with van der Waals surface area (Å²) in [4.78, 5) is 30.4. The normalized spacial score (nSPS) is 14.6. The molecular formula is C17H22N4O2S2. The van der Waals surface area contributed by atoms with Crippen LogP contribution in [0.2, 0.25) is 0 Å². The molecule has 0 fully saturated rings. The Balaban J connectivity index is 1.48.